The molecule has 2 rings (SSSR count). The maximum Gasteiger partial charge on any atom is 0.291 e. The molecule has 1 aromatic carbocycles. The van der Waals surface area contributed by atoms with Crippen LogP contribution in [0.1, 0.15) is 30.1 Å². The molecule has 8 heteroatoms. The molecule has 1 aliphatic heterocycles. The molecule has 1 aromatic rings. The highest BCUT2D eigenvalue weighted by Crippen LogP contribution is 2.22. The molecule has 1 aliphatic rings. The van der Waals surface area contributed by atoms with Crippen LogP contribution in [0.5, 0.6) is 0 Å². The minimum absolute atomic E-state index is 0.241. The van der Waals surface area contributed by atoms with Crippen LogP contribution in [-0.4, -0.2) is 62.8 Å². The van der Waals surface area contributed by atoms with Gasteiger partial charge in [0.2, 0.25) is 0 Å². The van der Waals surface area contributed by atoms with Crippen molar-refractivity contribution in [2.24, 2.45) is 4.99 Å². The predicted molar refractivity (Wildman–Crippen MR) is 104 cm³/mol. The quantitative estimate of drug-likeness (QED) is 0.432. The number of carbonyl (C=O) groups excluding carboxylic acids is 1. The summed E-state index contributed by atoms with van der Waals surface area (Å²) in [4.78, 5) is 19.1. The highest BCUT2D eigenvalue weighted by Gasteiger charge is 2.12. The minimum Gasteiger partial charge on any atom is -0.465 e. The number of hydrogen-bond acceptors (Lipinski definition) is 5. The number of rotatable bonds is 7. The van der Waals surface area contributed by atoms with Gasteiger partial charge in [0, 0.05) is 31.7 Å². The van der Waals surface area contributed by atoms with Gasteiger partial charge in [-0.15, -0.1) is 0 Å². The first-order valence-electron chi connectivity index (χ1n) is 8.84. The van der Waals surface area contributed by atoms with Crippen LogP contribution in [0.4, 0.5) is 0 Å². The van der Waals surface area contributed by atoms with E-state index in [9.17, 15) is 4.79 Å². The van der Waals surface area contributed by atoms with Crippen LogP contribution in [0, 0.1) is 0 Å². The van der Waals surface area contributed by atoms with E-state index >= 15 is 0 Å². The first-order chi connectivity index (χ1) is 12.6. The molecule has 0 aliphatic carbocycles. The zero-order valence-corrected chi connectivity index (χ0v) is 16.5. The van der Waals surface area contributed by atoms with Crippen LogP contribution in [0.15, 0.2) is 23.2 Å². The van der Waals surface area contributed by atoms with Crippen LogP contribution in [0.2, 0.25) is 10.0 Å². The lowest BCUT2D eigenvalue weighted by Crippen LogP contribution is -2.37. The number of morpholine rings is 1. The summed E-state index contributed by atoms with van der Waals surface area (Å²) in [6.07, 6.45) is 1.72. The number of benzene rings is 1. The van der Waals surface area contributed by atoms with E-state index in [0.29, 0.717) is 28.8 Å². The number of nitrogens with zero attached hydrogens (tertiary/aromatic N) is 2. The van der Waals surface area contributed by atoms with Gasteiger partial charge in [-0.3, -0.25) is 15.0 Å². The van der Waals surface area contributed by atoms with Crippen molar-refractivity contribution in [3.8, 4) is 0 Å². The Labute approximate surface area is 164 Å². The van der Waals surface area contributed by atoms with E-state index in [1.807, 2.05) is 6.92 Å². The Bertz CT molecular complexity index is 620. The van der Waals surface area contributed by atoms with Crippen molar-refractivity contribution in [3.63, 3.8) is 0 Å². The molecule has 1 fully saturated rings. The molecule has 0 radical (unpaired) electrons. The molecule has 1 N–H and O–H groups in total. The van der Waals surface area contributed by atoms with E-state index in [2.05, 4.69) is 15.2 Å². The maximum atomic E-state index is 12.4. The summed E-state index contributed by atoms with van der Waals surface area (Å²) in [7, 11) is 0. The second-order valence-corrected chi connectivity index (χ2v) is 6.74. The highest BCUT2D eigenvalue weighted by molar-refractivity contribution is 6.42. The first kappa shape index (κ1) is 21.0. The lowest BCUT2D eigenvalue weighted by atomic mass is 10.2. The topological polar surface area (TPSA) is 63.2 Å². The molecule has 0 spiro atoms. The zero-order valence-electron chi connectivity index (χ0n) is 15.0. The summed E-state index contributed by atoms with van der Waals surface area (Å²) in [5.74, 6) is -0.327. The summed E-state index contributed by atoms with van der Waals surface area (Å²) >= 11 is 11.9. The van der Waals surface area contributed by atoms with Crippen LogP contribution in [-0.2, 0) is 9.47 Å². The highest BCUT2D eigenvalue weighted by atomic mass is 35.5. The van der Waals surface area contributed by atoms with Crippen molar-refractivity contribution in [1.29, 1.82) is 0 Å². The van der Waals surface area contributed by atoms with Crippen molar-refractivity contribution in [2.75, 3.05) is 46.0 Å². The normalized spacial score (nSPS) is 15.7. The van der Waals surface area contributed by atoms with Gasteiger partial charge in [-0.05, 0) is 31.0 Å². The molecule has 1 heterocycles. The third-order valence-electron chi connectivity index (χ3n) is 3.84. The molecule has 1 saturated heterocycles. The summed E-state index contributed by atoms with van der Waals surface area (Å²) in [6, 6.07) is 4.96. The second kappa shape index (κ2) is 11.4. The minimum atomic E-state index is -0.327. The van der Waals surface area contributed by atoms with Gasteiger partial charge in [0.25, 0.3) is 11.9 Å². The van der Waals surface area contributed by atoms with Gasteiger partial charge < -0.3 is 9.47 Å². The summed E-state index contributed by atoms with van der Waals surface area (Å²) in [6.45, 7) is 7.50. The van der Waals surface area contributed by atoms with E-state index in [0.717, 1.165) is 45.7 Å². The Morgan fingerprint density at radius 1 is 1.31 bits per heavy atom. The number of halogens is 2. The van der Waals surface area contributed by atoms with Gasteiger partial charge >= 0.3 is 0 Å². The van der Waals surface area contributed by atoms with Crippen molar-refractivity contribution in [2.45, 2.75) is 19.8 Å². The van der Waals surface area contributed by atoms with Gasteiger partial charge in [0.15, 0.2) is 0 Å². The second-order valence-electron chi connectivity index (χ2n) is 5.93. The monoisotopic (exact) mass is 401 g/mol. The van der Waals surface area contributed by atoms with E-state index in [1.54, 1.807) is 12.1 Å². The molecule has 0 atom stereocenters. The molecular formula is C18H25Cl2N3O3. The number of amides is 1. The van der Waals surface area contributed by atoms with E-state index in [-0.39, 0.29) is 11.9 Å². The van der Waals surface area contributed by atoms with Gasteiger partial charge in [-0.25, -0.2) is 4.99 Å². The molecule has 144 valence electrons. The summed E-state index contributed by atoms with van der Waals surface area (Å²) < 4.78 is 10.9. The predicted octanol–water partition coefficient (Wildman–Crippen LogP) is 3.23. The summed E-state index contributed by atoms with van der Waals surface area (Å²) in [5, 5.41) is 3.44. The average molecular weight is 402 g/mol. The smallest absolute Gasteiger partial charge is 0.291 e. The van der Waals surface area contributed by atoms with Crippen molar-refractivity contribution < 1.29 is 14.3 Å². The number of nitrogens with one attached hydrogen (secondary N) is 1. The molecule has 26 heavy (non-hydrogen) atoms. The fourth-order valence-electron chi connectivity index (χ4n) is 2.43. The lowest BCUT2D eigenvalue weighted by Gasteiger charge is -2.26. The number of amidine groups is 1. The largest absolute Gasteiger partial charge is 0.465 e. The Hall–Kier alpha value is -1.34. The Morgan fingerprint density at radius 3 is 2.77 bits per heavy atom. The standard InChI is InChI=1S/C18H25Cl2N3O3/c1-2-10-26-18(21-6-3-7-23-8-11-25-12-9-23)22-17(24)14-4-5-15(19)16(20)13-14/h4-5,13H,2-3,6-12H2,1H3,(H,21,22,24). The number of aliphatic imine (C=N–C) groups is 1. The van der Waals surface area contributed by atoms with Crippen LogP contribution in [0.3, 0.4) is 0 Å². The number of hydrogen-bond donors (Lipinski definition) is 1. The zero-order chi connectivity index (χ0) is 18.8. The van der Waals surface area contributed by atoms with E-state index < -0.39 is 0 Å². The van der Waals surface area contributed by atoms with Gasteiger partial charge in [0.1, 0.15) is 0 Å². The van der Waals surface area contributed by atoms with Crippen LogP contribution >= 0.6 is 23.2 Å². The molecule has 1 amide bonds. The average Bonchev–Trinajstić information content (AvgIpc) is 2.65. The Balaban J connectivity index is 1.87. The molecule has 6 nitrogen and oxygen atoms in total. The van der Waals surface area contributed by atoms with Crippen LogP contribution in [0.25, 0.3) is 0 Å². The molecule has 0 aromatic heterocycles. The van der Waals surface area contributed by atoms with Gasteiger partial charge in [-0.1, -0.05) is 30.1 Å². The van der Waals surface area contributed by atoms with E-state index in [1.165, 1.54) is 6.07 Å². The third-order valence-corrected chi connectivity index (χ3v) is 4.58. The SMILES string of the molecule is CCCOC(=NCCCN1CCOCC1)NC(=O)c1ccc(Cl)c(Cl)c1. The van der Waals surface area contributed by atoms with Gasteiger partial charge in [-0.2, -0.15) is 0 Å². The summed E-state index contributed by atoms with van der Waals surface area (Å²) in [5.41, 5.74) is 0.403. The van der Waals surface area contributed by atoms with Crippen molar-refractivity contribution in [3.05, 3.63) is 33.8 Å². The molecule has 0 unspecified atom stereocenters. The van der Waals surface area contributed by atoms with Crippen LogP contribution < -0.4 is 5.32 Å². The Kier molecular flexibility index (Phi) is 9.18. The third kappa shape index (κ3) is 7.11. The van der Waals surface area contributed by atoms with Gasteiger partial charge in [0.05, 0.1) is 29.9 Å². The van der Waals surface area contributed by atoms with E-state index in [4.69, 9.17) is 32.7 Å². The molecule has 0 saturated carbocycles. The molecule has 0 bridgehead atoms. The van der Waals surface area contributed by atoms with Crippen molar-refractivity contribution >= 4 is 35.1 Å². The maximum absolute atomic E-state index is 12.4. The number of ether oxygens (including phenoxy) is 2. The lowest BCUT2D eigenvalue weighted by molar-refractivity contribution is 0.0377. The van der Waals surface area contributed by atoms with Crippen molar-refractivity contribution in [1.82, 2.24) is 10.2 Å². The molecular weight excluding hydrogens is 377 g/mol. The fraction of sp³-hybridized carbons (Fsp3) is 0.556. The fourth-order valence-corrected chi connectivity index (χ4v) is 2.72. The Morgan fingerprint density at radius 2 is 2.08 bits per heavy atom. The first-order valence-corrected chi connectivity index (χ1v) is 9.59. The number of carbonyl (C=O) groups is 1.